The largest absolute Gasteiger partial charge is 0.396 e. The van der Waals surface area contributed by atoms with Crippen LogP contribution in [0.5, 0.6) is 0 Å². The maximum absolute atomic E-state index is 13.8. The number of anilines is 1. The van der Waals surface area contributed by atoms with Crippen LogP contribution in [0.1, 0.15) is 35.1 Å². The highest BCUT2D eigenvalue weighted by atomic mass is 19.2. The molecule has 38 heavy (non-hydrogen) atoms. The third-order valence-corrected chi connectivity index (χ3v) is 7.57. The van der Waals surface area contributed by atoms with E-state index in [-0.39, 0.29) is 0 Å². The number of rotatable bonds is 7. The highest BCUT2D eigenvalue weighted by Crippen LogP contribution is 2.42. The van der Waals surface area contributed by atoms with Gasteiger partial charge in [-0.05, 0) is 56.7 Å². The van der Waals surface area contributed by atoms with Crippen LogP contribution in [0.15, 0.2) is 60.0 Å². The average molecular weight is 517 g/mol. The zero-order valence-electron chi connectivity index (χ0n) is 21.8. The van der Waals surface area contributed by atoms with Gasteiger partial charge in [0, 0.05) is 73.5 Å². The van der Waals surface area contributed by atoms with Gasteiger partial charge in [-0.2, -0.15) is 0 Å². The summed E-state index contributed by atoms with van der Waals surface area (Å²) in [6.45, 7) is 11.4. The van der Waals surface area contributed by atoms with Crippen LogP contribution in [0.4, 0.5) is 14.5 Å². The molecule has 1 spiro atoms. The number of fused-ring (bicyclic) bond motifs is 1. The van der Waals surface area contributed by atoms with Gasteiger partial charge in [0.05, 0.1) is 11.4 Å². The first-order valence-electron chi connectivity index (χ1n) is 12.9. The van der Waals surface area contributed by atoms with Crippen molar-refractivity contribution in [2.24, 2.45) is 10.6 Å². The molecular weight excluding hydrogens is 486 g/mol. The van der Waals surface area contributed by atoms with E-state index in [9.17, 15) is 8.78 Å². The van der Waals surface area contributed by atoms with Gasteiger partial charge >= 0.3 is 0 Å². The van der Waals surface area contributed by atoms with Gasteiger partial charge in [-0.3, -0.25) is 9.88 Å². The topological polar surface area (TPSA) is 58.3 Å². The Morgan fingerprint density at radius 3 is 2.55 bits per heavy atom. The Balaban J connectivity index is 1.07. The van der Waals surface area contributed by atoms with E-state index in [0.29, 0.717) is 29.0 Å². The Labute approximate surface area is 220 Å². The summed E-state index contributed by atoms with van der Waals surface area (Å²) in [6.07, 6.45) is 3.93. The molecule has 0 saturated carbocycles. The molecule has 5 heterocycles. The number of pyridine rings is 2. The molecule has 9 heteroatoms. The van der Waals surface area contributed by atoms with Crippen molar-refractivity contribution >= 4 is 17.0 Å². The fourth-order valence-electron chi connectivity index (χ4n) is 5.57. The van der Waals surface area contributed by atoms with E-state index in [1.807, 2.05) is 32.2 Å². The number of imidazole rings is 1. The van der Waals surface area contributed by atoms with Crippen molar-refractivity contribution in [2.45, 2.75) is 27.3 Å². The molecular formula is C29H30F2N6O. The van der Waals surface area contributed by atoms with Crippen LogP contribution in [-0.2, 0) is 11.4 Å². The molecule has 0 N–H and O–H groups in total. The van der Waals surface area contributed by atoms with Gasteiger partial charge in [-0.15, -0.1) is 0 Å². The highest BCUT2D eigenvalue weighted by molar-refractivity contribution is 6.11. The van der Waals surface area contributed by atoms with Crippen molar-refractivity contribution in [1.82, 2.24) is 19.3 Å². The van der Waals surface area contributed by atoms with Crippen LogP contribution in [0.3, 0.4) is 0 Å². The molecule has 0 aliphatic carbocycles. The number of likely N-dealkylation sites (tertiary alicyclic amines) is 1. The van der Waals surface area contributed by atoms with Crippen LogP contribution in [-0.4, -0.2) is 57.8 Å². The van der Waals surface area contributed by atoms with Gasteiger partial charge in [-0.25, -0.2) is 13.8 Å². The second kappa shape index (κ2) is 9.47. The smallest absolute Gasteiger partial charge is 0.159 e. The number of nitrogens with zero attached hydrogens (tertiary/aromatic N) is 6. The van der Waals surface area contributed by atoms with E-state index in [2.05, 4.69) is 54.6 Å². The number of hydrogen-bond acceptors (Lipinski definition) is 6. The molecule has 0 atom stereocenters. The zero-order chi connectivity index (χ0) is 26.4. The van der Waals surface area contributed by atoms with E-state index >= 15 is 0 Å². The Morgan fingerprint density at radius 2 is 1.84 bits per heavy atom. The molecule has 0 amide bonds. The van der Waals surface area contributed by atoms with Gasteiger partial charge in [0.25, 0.3) is 0 Å². The quantitative estimate of drug-likeness (QED) is 0.263. The lowest BCUT2D eigenvalue weighted by Gasteiger charge is -2.61. The summed E-state index contributed by atoms with van der Waals surface area (Å²) in [4.78, 5) is 19.3. The summed E-state index contributed by atoms with van der Waals surface area (Å²) in [5.41, 5.74) is 7.26. The van der Waals surface area contributed by atoms with Gasteiger partial charge in [0.1, 0.15) is 18.0 Å². The fraction of sp³-hybridized carbons (Fsp3) is 0.345. The molecule has 2 aliphatic heterocycles. The summed E-state index contributed by atoms with van der Waals surface area (Å²) in [6, 6.07) is 11.9. The summed E-state index contributed by atoms with van der Waals surface area (Å²) in [5, 5.41) is 4.11. The van der Waals surface area contributed by atoms with Crippen molar-refractivity contribution in [3.63, 3.8) is 0 Å². The van der Waals surface area contributed by atoms with Crippen LogP contribution in [0, 0.1) is 30.9 Å². The first kappa shape index (κ1) is 24.5. The van der Waals surface area contributed by atoms with Crippen LogP contribution < -0.4 is 4.90 Å². The van der Waals surface area contributed by atoms with E-state index in [1.165, 1.54) is 17.4 Å². The van der Waals surface area contributed by atoms with Crippen molar-refractivity contribution in [3.05, 3.63) is 94.7 Å². The minimum atomic E-state index is -0.933. The van der Waals surface area contributed by atoms with E-state index in [0.717, 1.165) is 61.8 Å². The standard InChI is InChI=1S/C29H30F2N6O/c1-4-38-34-28(22-6-7-24(30)25(31)11-22)26-8-5-21(13-32-26)14-35-15-29(16-35)17-36(18-29)23-9-10-37-20(3)19(2)33-27(37)12-23/h5-13H,4,14-18H2,1-3H3/b34-28+. The number of oxime groups is 1. The summed E-state index contributed by atoms with van der Waals surface area (Å²) >= 11 is 0. The maximum atomic E-state index is 13.8. The highest BCUT2D eigenvalue weighted by Gasteiger charge is 2.51. The Kier molecular flexibility index (Phi) is 6.10. The molecule has 0 radical (unpaired) electrons. The molecule has 2 saturated heterocycles. The first-order valence-corrected chi connectivity index (χ1v) is 12.9. The monoisotopic (exact) mass is 516 g/mol. The predicted molar refractivity (Wildman–Crippen MR) is 142 cm³/mol. The van der Waals surface area contributed by atoms with Gasteiger partial charge in [0.2, 0.25) is 0 Å². The van der Waals surface area contributed by atoms with E-state index < -0.39 is 11.6 Å². The molecule has 3 aromatic heterocycles. The Bertz CT molecular complexity index is 1520. The minimum absolute atomic E-state index is 0.352. The van der Waals surface area contributed by atoms with Crippen molar-refractivity contribution in [2.75, 3.05) is 37.7 Å². The fourth-order valence-corrected chi connectivity index (χ4v) is 5.57. The van der Waals surface area contributed by atoms with Crippen LogP contribution in [0.25, 0.3) is 5.65 Å². The lowest BCUT2D eigenvalue weighted by molar-refractivity contribution is -0.0273. The minimum Gasteiger partial charge on any atom is -0.396 e. The van der Waals surface area contributed by atoms with Crippen molar-refractivity contribution < 1.29 is 13.6 Å². The lowest BCUT2D eigenvalue weighted by Crippen LogP contribution is -2.71. The molecule has 0 unspecified atom stereocenters. The second-order valence-corrected chi connectivity index (χ2v) is 10.4. The number of halogens is 2. The summed E-state index contributed by atoms with van der Waals surface area (Å²) in [7, 11) is 0. The SMILES string of the molecule is CCO/N=C(\c1ccc(F)c(F)c1)c1ccc(CN2CC3(C2)CN(c2ccn4c(C)c(C)nc4c2)C3)cn1. The van der Waals surface area contributed by atoms with E-state index in [1.54, 1.807) is 0 Å². The molecule has 2 fully saturated rings. The summed E-state index contributed by atoms with van der Waals surface area (Å²) in [5.74, 6) is -1.84. The van der Waals surface area contributed by atoms with Gasteiger partial charge in [-0.1, -0.05) is 11.2 Å². The second-order valence-electron chi connectivity index (χ2n) is 10.4. The average Bonchev–Trinajstić information content (AvgIpc) is 3.15. The van der Waals surface area contributed by atoms with Gasteiger partial charge in [0.15, 0.2) is 11.6 Å². The molecule has 196 valence electrons. The van der Waals surface area contributed by atoms with Crippen molar-refractivity contribution in [1.29, 1.82) is 0 Å². The van der Waals surface area contributed by atoms with Gasteiger partial charge < -0.3 is 14.1 Å². The molecule has 4 aromatic rings. The van der Waals surface area contributed by atoms with Crippen LogP contribution >= 0.6 is 0 Å². The molecule has 0 bridgehead atoms. The lowest BCUT2D eigenvalue weighted by atomic mass is 9.72. The normalized spacial score (nSPS) is 17.1. The maximum Gasteiger partial charge on any atom is 0.159 e. The molecule has 7 nitrogen and oxygen atoms in total. The number of benzene rings is 1. The zero-order valence-corrected chi connectivity index (χ0v) is 21.8. The molecule has 6 rings (SSSR count). The number of aromatic nitrogens is 3. The van der Waals surface area contributed by atoms with E-state index in [4.69, 9.17) is 4.84 Å². The molecule has 1 aromatic carbocycles. The Morgan fingerprint density at radius 1 is 1.03 bits per heavy atom. The molecule has 2 aliphatic rings. The first-order chi connectivity index (χ1) is 18.3. The van der Waals surface area contributed by atoms with Crippen LogP contribution in [0.2, 0.25) is 0 Å². The van der Waals surface area contributed by atoms with Crippen molar-refractivity contribution in [3.8, 4) is 0 Å². The summed E-state index contributed by atoms with van der Waals surface area (Å²) < 4.78 is 29.4. The Hall–Kier alpha value is -3.85. The number of aryl methyl sites for hydroxylation is 2. The predicted octanol–water partition coefficient (Wildman–Crippen LogP) is 4.74. The third-order valence-electron chi connectivity index (χ3n) is 7.57. The number of hydrogen-bond donors (Lipinski definition) is 0. The third kappa shape index (κ3) is 4.41.